The zero-order valence-corrected chi connectivity index (χ0v) is 27.1. The maximum absolute atomic E-state index is 6.73. The predicted molar refractivity (Wildman–Crippen MR) is 172 cm³/mol. The number of hydrogen-bond acceptors (Lipinski definition) is 2. The Morgan fingerprint density at radius 3 is 1.67 bits per heavy atom. The van der Waals surface area contributed by atoms with Crippen LogP contribution >= 0.6 is 7.92 Å². The molecule has 4 rings (SSSR count). The fourth-order valence-electron chi connectivity index (χ4n) is 6.80. The molecule has 0 radical (unpaired) electrons. The molecule has 0 spiro atoms. The van der Waals surface area contributed by atoms with Gasteiger partial charge in [0.1, 0.15) is 11.5 Å². The summed E-state index contributed by atoms with van der Waals surface area (Å²) in [5.74, 6) is 3.07. The van der Waals surface area contributed by atoms with Crippen LogP contribution in [0.1, 0.15) is 143 Å². The third kappa shape index (κ3) is 7.41. The van der Waals surface area contributed by atoms with Gasteiger partial charge in [-0.2, -0.15) is 0 Å². The summed E-state index contributed by atoms with van der Waals surface area (Å²) >= 11 is 0. The predicted octanol–water partition coefficient (Wildman–Crippen LogP) is 10.9. The third-order valence-electron chi connectivity index (χ3n) is 8.63. The highest BCUT2D eigenvalue weighted by atomic mass is 31.1. The van der Waals surface area contributed by atoms with E-state index in [1.165, 1.54) is 86.5 Å². The summed E-state index contributed by atoms with van der Waals surface area (Å²) in [6.07, 6.45) is 14.2. The molecule has 2 aromatic rings. The number of ether oxygens (including phenoxy) is 2. The van der Waals surface area contributed by atoms with Crippen molar-refractivity contribution in [3.8, 4) is 22.6 Å². The Morgan fingerprint density at radius 1 is 0.641 bits per heavy atom. The van der Waals surface area contributed by atoms with Gasteiger partial charge in [0.15, 0.2) is 0 Å². The van der Waals surface area contributed by atoms with Crippen LogP contribution in [0.15, 0.2) is 30.3 Å². The maximum Gasteiger partial charge on any atom is 0.128 e. The molecule has 0 unspecified atom stereocenters. The fraction of sp³-hybridized carbons (Fsp3) is 0.667. The van der Waals surface area contributed by atoms with E-state index in [0.29, 0.717) is 11.8 Å². The Morgan fingerprint density at radius 2 is 1.18 bits per heavy atom. The Kier molecular flexibility index (Phi) is 10.8. The van der Waals surface area contributed by atoms with E-state index in [1.807, 2.05) is 0 Å². The Hall–Kier alpha value is -1.53. The number of rotatable bonds is 10. The van der Waals surface area contributed by atoms with E-state index in [4.69, 9.17) is 9.47 Å². The summed E-state index contributed by atoms with van der Waals surface area (Å²) < 4.78 is 13.4. The van der Waals surface area contributed by atoms with E-state index in [0.717, 1.165) is 22.8 Å². The Balaban J connectivity index is 2.02. The first-order valence-corrected chi connectivity index (χ1v) is 17.6. The molecule has 3 heteroatoms. The normalized spacial score (nSPS) is 17.7. The van der Waals surface area contributed by atoms with Crippen LogP contribution in [0.2, 0.25) is 0 Å². The van der Waals surface area contributed by atoms with Crippen molar-refractivity contribution in [1.82, 2.24) is 0 Å². The van der Waals surface area contributed by atoms with E-state index in [9.17, 15) is 0 Å². The lowest BCUT2D eigenvalue weighted by molar-refractivity contribution is 0.242. The zero-order valence-electron chi connectivity index (χ0n) is 26.2. The highest BCUT2D eigenvalue weighted by Gasteiger charge is 2.37. The van der Waals surface area contributed by atoms with Gasteiger partial charge in [-0.05, 0) is 105 Å². The van der Waals surface area contributed by atoms with Gasteiger partial charge in [0.25, 0.3) is 0 Å². The molecule has 0 aliphatic heterocycles. The van der Waals surface area contributed by atoms with Gasteiger partial charge in [-0.3, -0.25) is 0 Å². The van der Waals surface area contributed by atoms with Gasteiger partial charge in [0.2, 0.25) is 0 Å². The molecular formula is C36H55O2P. The van der Waals surface area contributed by atoms with E-state index in [2.05, 4.69) is 85.7 Å². The third-order valence-corrected chi connectivity index (χ3v) is 12.2. The first kappa shape index (κ1) is 30.4. The molecule has 0 aromatic heterocycles. The summed E-state index contributed by atoms with van der Waals surface area (Å²) in [5, 5.41) is 1.55. The van der Waals surface area contributed by atoms with Gasteiger partial charge in [0, 0.05) is 10.9 Å². The first-order valence-electron chi connectivity index (χ1n) is 16.1. The fourth-order valence-corrected chi connectivity index (χ4v) is 10.8. The first-order chi connectivity index (χ1) is 18.7. The van der Waals surface area contributed by atoms with Gasteiger partial charge in [-0.25, -0.2) is 0 Å². The standard InChI is InChI=1S/C36H55O2P/c1-24(2)28-22-32(25(3)4)35(34(23-28)38-27(7)8)31-20-15-21-33(37-26(5)6)36(31)39(29-16-11-9-12-17-29)30-18-13-10-14-19-30/h15,20-27,29-30H,9-14,16-19H2,1-8H3. The minimum absolute atomic E-state index is 0.128. The molecule has 0 saturated heterocycles. The van der Waals surface area contributed by atoms with Crippen LogP contribution in [0.25, 0.3) is 11.1 Å². The summed E-state index contributed by atoms with van der Waals surface area (Å²) in [5.41, 5.74) is 7.12. The van der Waals surface area contributed by atoms with Crippen molar-refractivity contribution in [3.63, 3.8) is 0 Å². The molecular weight excluding hydrogens is 495 g/mol. The molecule has 2 fully saturated rings. The van der Waals surface area contributed by atoms with E-state index < -0.39 is 0 Å². The molecule has 2 aromatic carbocycles. The number of hydrogen-bond donors (Lipinski definition) is 0. The molecule has 0 N–H and O–H groups in total. The summed E-state index contributed by atoms with van der Waals surface area (Å²) in [4.78, 5) is 0. The Labute approximate surface area is 241 Å². The average Bonchev–Trinajstić information content (AvgIpc) is 2.90. The molecule has 2 aliphatic carbocycles. The van der Waals surface area contributed by atoms with Crippen molar-refractivity contribution in [2.24, 2.45) is 0 Å². The highest BCUT2D eigenvalue weighted by molar-refractivity contribution is 7.67. The van der Waals surface area contributed by atoms with Crippen LogP contribution in [0.4, 0.5) is 0 Å². The molecule has 0 heterocycles. The molecule has 39 heavy (non-hydrogen) atoms. The largest absolute Gasteiger partial charge is 0.490 e. The quantitative estimate of drug-likeness (QED) is 0.274. The van der Waals surface area contributed by atoms with Gasteiger partial charge in [0.05, 0.1) is 12.2 Å². The van der Waals surface area contributed by atoms with Crippen LogP contribution in [0.3, 0.4) is 0 Å². The lowest BCUT2D eigenvalue weighted by Gasteiger charge is -2.40. The van der Waals surface area contributed by atoms with Crippen molar-refractivity contribution >= 4 is 13.2 Å². The molecule has 2 saturated carbocycles. The van der Waals surface area contributed by atoms with Crippen molar-refractivity contribution < 1.29 is 9.47 Å². The second-order valence-electron chi connectivity index (χ2n) is 13.3. The average molecular weight is 551 g/mol. The minimum Gasteiger partial charge on any atom is -0.490 e. The van der Waals surface area contributed by atoms with Gasteiger partial charge in [-0.15, -0.1) is 0 Å². The summed E-state index contributed by atoms with van der Waals surface area (Å²) in [6, 6.07) is 11.7. The van der Waals surface area contributed by atoms with Gasteiger partial charge in [-0.1, -0.05) is 92.3 Å². The molecule has 216 valence electrons. The maximum atomic E-state index is 6.73. The second-order valence-corrected chi connectivity index (χ2v) is 16.0. The zero-order chi connectivity index (χ0) is 28.1. The lowest BCUT2D eigenvalue weighted by Crippen LogP contribution is -2.29. The topological polar surface area (TPSA) is 18.5 Å². The van der Waals surface area contributed by atoms with Crippen LogP contribution < -0.4 is 14.8 Å². The van der Waals surface area contributed by atoms with Crippen molar-refractivity contribution in [2.45, 2.75) is 155 Å². The van der Waals surface area contributed by atoms with E-state index >= 15 is 0 Å². The SMILES string of the molecule is CC(C)Oc1cc(C(C)C)cc(C(C)C)c1-c1cccc(OC(C)C)c1P(C1CCCCC1)C1CCCCC1. The van der Waals surface area contributed by atoms with E-state index in [-0.39, 0.29) is 20.1 Å². The summed E-state index contributed by atoms with van der Waals surface area (Å²) in [7, 11) is -0.353. The smallest absolute Gasteiger partial charge is 0.128 e. The highest BCUT2D eigenvalue weighted by Crippen LogP contribution is 2.58. The van der Waals surface area contributed by atoms with Gasteiger partial charge >= 0.3 is 0 Å². The van der Waals surface area contributed by atoms with Crippen LogP contribution in [-0.4, -0.2) is 23.5 Å². The molecule has 0 atom stereocenters. The van der Waals surface area contributed by atoms with Gasteiger partial charge < -0.3 is 9.47 Å². The molecule has 2 nitrogen and oxygen atoms in total. The van der Waals surface area contributed by atoms with Crippen LogP contribution in [0, 0.1) is 0 Å². The number of benzene rings is 2. The monoisotopic (exact) mass is 550 g/mol. The second kappa shape index (κ2) is 13.9. The van der Waals surface area contributed by atoms with Crippen LogP contribution in [0.5, 0.6) is 11.5 Å². The van der Waals surface area contributed by atoms with Crippen molar-refractivity contribution in [3.05, 3.63) is 41.5 Å². The Bertz CT molecular complexity index is 1040. The van der Waals surface area contributed by atoms with E-state index in [1.54, 1.807) is 5.30 Å². The molecule has 0 bridgehead atoms. The summed E-state index contributed by atoms with van der Waals surface area (Å²) in [6.45, 7) is 18.0. The minimum atomic E-state index is -0.353. The molecule has 0 amide bonds. The van der Waals surface area contributed by atoms with Crippen molar-refractivity contribution in [1.29, 1.82) is 0 Å². The lowest BCUT2D eigenvalue weighted by atomic mass is 9.87. The van der Waals surface area contributed by atoms with Crippen LogP contribution in [-0.2, 0) is 0 Å². The molecule has 2 aliphatic rings. The van der Waals surface area contributed by atoms with Crippen molar-refractivity contribution in [2.75, 3.05) is 0 Å².